The Hall–Kier alpha value is -2.57. The van der Waals surface area contributed by atoms with Crippen LogP contribution >= 0.6 is 11.3 Å². The van der Waals surface area contributed by atoms with E-state index >= 15 is 0 Å². The molecule has 0 unspecified atom stereocenters. The number of amides is 1. The zero-order chi connectivity index (χ0) is 23.2. The van der Waals surface area contributed by atoms with Gasteiger partial charge in [0.25, 0.3) is 5.91 Å². The predicted octanol–water partition coefficient (Wildman–Crippen LogP) is 2.68. The molecule has 1 spiro atoms. The van der Waals surface area contributed by atoms with Crippen LogP contribution in [-0.4, -0.2) is 81.3 Å². The first-order chi connectivity index (χ1) is 15.2. The second kappa shape index (κ2) is 10.4. The molecule has 0 saturated carbocycles. The van der Waals surface area contributed by atoms with Crippen LogP contribution in [0.15, 0.2) is 35.4 Å². The molecule has 4 rings (SSSR count). The van der Waals surface area contributed by atoms with Crippen molar-refractivity contribution in [2.45, 2.75) is 31.2 Å². The van der Waals surface area contributed by atoms with Crippen LogP contribution in [0.3, 0.4) is 0 Å². The van der Waals surface area contributed by atoms with Gasteiger partial charge in [-0.25, -0.2) is 9.78 Å². The lowest BCUT2D eigenvalue weighted by Gasteiger charge is -2.47. The van der Waals surface area contributed by atoms with Crippen molar-refractivity contribution in [2.75, 3.05) is 32.8 Å². The number of carbonyl (C=O) groups is 2. The zero-order valence-electron chi connectivity index (χ0n) is 17.1. The second-order valence-electron chi connectivity index (χ2n) is 7.57. The number of ether oxygens (including phenoxy) is 1. The maximum atomic E-state index is 12.6. The molecular weight excluding hydrogens is 449 g/mol. The highest BCUT2D eigenvalue weighted by atomic mass is 32.1. The highest BCUT2D eigenvalue weighted by molar-refractivity contribution is 7.07. The lowest BCUT2D eigenvalue weighted by atomic mass is 9.89. The molecule has 2 aliphatic rings. The van der Waals surface area contributed by atoms with Gasteiger partial charge in [0.1, 0.15) is 5.69 Å². The van der Waals surface area contributed by atoms with Crippen molar-refractivity contribution in [3.63, 3.8) is 0 Å². The fraction of sp³-hybridized carbons (Fsp3) is 0.500. The van der Waals surface area contributed by atoms with Crippen molar-refractivity contribution in [1.82, 2.24) is 19.8 Å². The third-order valence-electron chi connectivity index (χ3n) is 5.33. The average molecular weight is 472 g/mol. The van der Waals surface area contributed by atoms with E-state index in [0.29, 0.717) is 25.4 Å². The van der Waals surface area contributed by atoms with Gasteiger partial charge in [-0.1, -0.05) is 6.07 Å². The maximum absolute atomic E-state index is 12.6. The summed E-state index contributed by atoms with van der Waals surface area (Å²) < 4.78 is 37.9. The number of carboxylic acids is 1. The Balaban J connectivity index is 0.000000360. The van der Waals surface area contributed by atoms with Crippen LogP contribution < -0.4 is 0 Å². The van der Waals surface area contributed by atoms with Crippen LogP contribution in [0.5, 0.6) is 0 Å². The van der Waals surface area contributed by atoms with Gasteiger partial charge >= 0.3 is 12.1 Å². The molecule has 0 bridgehead atoms. The van der Waals surface area contributed by atoms with E-state index < -0.39 is 12.1 Å². The maximum Gasteiger partial charge on any atom is 0.490 e. The number of nitrogens with zero attached hydrogens (tertiary/aromatic N) is 4. The molecule has 12 heteroatoms. The number of alkyl halides is 3. The molecule has 1 N–H and O–H groups in total. The molecule has 2 aromatic heterocycles. The molecule has 0 aliphatic carbocycles. The highest BCUT2D eigenvalue weighted by Crippen LogP contribution is 2.31. The topological polar surface area (TPSA) is 95.9 Å². The number of rotatable bonds is 3. The van der Waals surface area contributed by atoms with Gasteiger partial charge in [-0.15, -0.1) is 11.3 Å². The first-order valence-electron chi connectivity index (χ1n) is 9.91. The Labute approximate surface area is 186 Å². The average Bonchev–Trinajstić information content (AvgIpc) is 3.31. The molecular formula is C20H23F3N4O4S. The minimum absolute atomic E-state index is 0.0294. The number of carbonyl (C=O) groups excluding carboxylic acids is 1. The Bertz CT molecular complexity index is 888. The van der Waals surface area contributed by atoms with Gasteiger partial charge in [-0.3, -0.25) is 14.7 Å². The van der Waals surface area contributed by atoms with Crippen molar-refractivity contribution in [3.8, 4) is 0 Å². The lowest BCUT2D eigenvalue weighted by molar-refractivity contribution is -0.192. The van der Waals surface area contributed by atoms with Crippen LogP contribution in [0.2, 0.25) is 0 Å². The largest absolute Gasteiger partial charge is 0.490 e. The van der Waals surface area contributed by atoms with Crippen LogP contribution in [0.4, 0.5) is 13.2 Å². The number of halogens is 3. The molecule has 2 aromatic rings. The van der Waals surface area contributed by atoms with Gasteiger partial charge in [0.2, 0.25) is 0 Å². The van der Waals surface area contributed by atoms with E-state index in [2.05, 4.69) is 20.9 Å². The van der Waals surface area contributed by atoms with Gasteiger partial charge < -0.3 is 14.7 Å². The number of morpholine rings is 1. The van der Waals surface area contributed by atoms with E-state index in [-0.39, 0.29) is 11.5 Å². The number of aliphatic carboxylic acids is 1. The van der Waals surface area contributed by atoms with E-state index in [1.54, 1.807) is 11.7 Å². The summed E-state index contributed by atoms with van der Waals surface area (Å²) in [6, 6.07) is 4.09. The smallest absolute Gasteiger partial charge is 0.475 e. The molecule has 0 radical (unpaired) electrons. The summed E-state index contributed by atoms with van der Waals surface area (Å²) in [5.41, 5.74) is 3.30. The summed E-state index contributed by atoms with van der Waals surface area (Å²) in [6.45, 7) is 4.81. The van der Waals surface area contributed by atoms with Crippen LogP contribution in [0.25, 0.3) is 0 Å². The van der Waals surface area contributed by atoms with Gasteiger partial charge in [-0.2, -0.15) is 13.2 Å². The van der Waals surface area contributed by atoms with E-state index in [9.17, 15) is 18.0 Å². The Kier molecular flexibility index (Phi) is 7.80. The van der Waals surface area contributed by atoms with Crippen molar-refractivity contribution in [2.24, 2.45) is 0 Å². The molecule has 8 nitrogen and oxygen atoms in total. The molecule has 0 aromatic carbocycles. The molecule has 174 valence electrons. The first-order valence-corrected chi connectivity index (χ1v) is 10.9. The summed E-state index contributed by atoms with van der Waals surface area (Å²) in [6.07, 6.45) is 0.552. The van der Waals surface area contributed by atoms with Crippen molar-refractivity contribution >= 4 is 23.2 Å². The quantitative estimate of drug-likeness (QED) is 0.734. The van der Waals surface area contributed by atoms with Gasteiger partial charge in [0, 0.05) is 44.0 Å². The minimum atomic E-state index is -5.08. The third-order valence-corrected chi connectivity index (χ3v) is 5.91. The zero-order valence-corrected chi connectivity index (χ0v) is 17.9. The SMILES string of the molecule is O=C(O)C(F)(F)F.O=C(c1cscn1)N1CCOC2(CCN(Cc3cccnc3)CC2)C1. The second-order valence-corrected chi connectivity index (χ2v) is 8.29. The van der Waals surface area contributed by atoms with Crippen molar-refractivity contribution in [3.05, 3.63) is 46.7 Å². The number of aromatic nitrogens is 2. The van der Waals surface area contributed by atoms with E-state index in [1.807, 2.05) is 22.5 Å². The van der Waals surface area contributed by atoms with Crippen LogP contribution in [-0.2, 0) is 16.1 Å². The van der Waals surface area contributed by atoms with E-state index in [4.69, 9.17) is 14.6 Å². The Morgan fingerprint density at radius 1 is 1.25 bits per heavy atom. The molecule has 4 heterocycles. The Morgan fingerprint density at radius 2 is 1.97 bits per heavy atom. The van der Waals surface area contributed by atoms with Crippen molar-refractivity contribution < 1.29 is 32.6 Å². The number of hydrogen-bond acceptors (Lipinski definition) is 7. The molecule has 2 aliphatic heterocycles. The number of piperidine rings is 1. The van der Waals surface area contributed by atoms with Crippen molar-refractivity contribution in [1.29, 1.82) is 0 Å². The highest BCUT2D eigenvalue weighted by Gasteiger charge is 2.41. The predicted molar refractivity (Wildman–Crippen MR) is 109 cm³/mol. The Morgan fingerprint density at radius 3 is 2.53 bits per heavy atom. The van der Waals surface area contributed by atoms with Gasteiger partial charge in [0.05, 0.1) is 24.3 Å². The number of carboxylic acid groups (broad SMARTS) is 1. The third kappa shape index (κ3) is 6.47. The first kappa shape index (κ1) is 24.1. The number of likely N-dealkylation sites (tertiary alicyclic amines) is 1. The number of thiazole rings is 1. The minimum Gasteiger partial charge on any atom is -0.475 e. The molecule has 0 atom stereocenters. The van der Waals surface area contributed by atoms with Crippen LogP contribution in [0, 0.1) is 0 Å². The molecule has 1 amide bonds. The summed E-state index contributed by atoms with van der Waals surface area (Å²) in [7, 11) is 0. The lowest BCUT2D eigenvalue weighted by Crippen LogP contribution is -2.57. The summed E-state index contributed by atoms with van der Waals surface area (Å²) in [4.78, 5) is 34.2. The molecule has 2 fully saturated rings. The summed E-state index contributed by atoms with van der Waals surface area (Å²) in [5.74, 6) is -2.73. The molecule has 32 heavy (non-hydrogen) atoms. The summed E-state index contributed by atoms with van der Waals surface area (Å²) in [5, 5.41) is 8.95. The van der Waals surface area contributed by atoms with E-state index in [0.717, 1.165) is 32.5 Å². The number of hydrogen-bond donors (Lipinski definition) is 1. The molecule has 2 saturated heterocycles. The fourth-order valence-electron chi connectivity index (χ4n) is 3.67. The number of pyridine rings is 1. The standard InChI is InChI=1S/C18H22N4O2S.C2HF3O2/c23-17(16-12-25-14-20-16)22-8-9-24-18(13-22)3-6-21(7-4-18)11-15-2-1-5-19-10-15;3-2(4,5)1(6)7/h1-2,5,10,12,14H,3-4,6-9,11,13H2;(H,6,7). The van der Waals surface area contributed by atoms with Crippen LogP contribution in [0.1, 0.15) is 28.9 Å². The normalized spacial score (nSPS) is 18.7. The fourth-order valence-corrected chi connectivity index (χ4v) is 4.20. The monoisotopic (exact) mass is 472 g/mol. The summed E-state index contributed by atoms with van der Waals surface area (Å²) >= 11 is 1.46. The van der Waals surface area contributed by atoms with Gasteiger partial charge in [0.15, 0.2) is 0 Å². The van der Waals surface area contributed by atoms with Gasteiger partial charge in [-0.05, 0) is 24.5 Å². The van der Waals surface area contributed by atoms with E-state index in [1.165, 1.54) is 16.9 Å².